The summed E-state index contributed by atoms with van der Waals surface area (Å²) in [7, 11) is 0. The van der Waals surface area contributed by atoms with Crippen LogP contribution in [-0.2, 0) is 0 Å². The lowest BCUT2D eigenvalue weighted by molar-refractivity contribution is 0.0966. The Bertz CT molecular complexity index is 491. The molecule has 1 fully saturated rings. The maximum Gasteiger partial charge on any atom is 0.133 e. The van der Waals surface area contributed by atoms with Crippen LogP contribution < -0.4 is 5.32 Å². The molecule has 0 bridgehead atoms. The predicted molar refractivity (Wildman–Crippen MR) is 62.2 cm³/mol. The van der Waals surface area contributed by atoms with E-state index >= 15 is 0 Å². The SMILES string of the molecule is OC1CCCNC1c1ccc2occc2c1. The first kappa shape index (κ1) is 9.87. The number of furan rings is 1. The summed E-state index contributed by atoms with van der Waals surface area (Å²) in [4.78, 5) is 0. The van der Waals surface area contributed by atoms with E-state index < -0.39 is 0 Å². The monoisotopic (exact) mass is 217 g/mol. The number of nitrogens with one attached hydrogen (secondary N) is 1. The van der Waals surface area contributed by atoms with Crippen molar-refractivity contribution in [3.8, 4) is 0 Å². The van der Waals surface area contributed by atoms with Gasteiger partial charge in [-0.05, 0) is 43.1 Å². The molecule has 3 nitrogen and oxygen atoms in total. The van der Waals surface area contributed by atoms with E-state index in [1.807, 2.05) is 18.2 Å². The van der Waals surface area contributed by atoms with Crippen molar-refractivity contribution >= 4 is 11.0 Å². The van der Waals surface area contributed by atoms with Gasteiger partial charge in [0.2, 0.25) is 0 Å². The summed E-state index contributed by atoms with van der Waals surface area (Å²) >= 11 is 0. The van der Waals surface area contributed by atoms with Gasteiger partial charge in [-0.25, -0.2) is 0 Å². The molecule has 0 amide bonds. The highest BCUT2D eigenvalue weighted by atomic mass is 16.3. The number of rotatable bonds is 1. The van der Waals surface area contributed by atoms with Crippen LogP contribution in [0, 0.1) is 0 Å². The molecule has 2 N–H and O–H groups in total. The first-order valence-electron chi connectivity index (χ1n) is 5.73. The molecule has 2 aromatic rings. The van der Waals surface area contributed by atoms with Crippen molar-refractivity contribution < 1.29 is 9.52 Å². The molecule has 1 saturated heterocycles. The Labute approximate surface area is 94.1 Å². The minimum Gasteiger partial charge on any atom is -0.464 e. The van der Waals surface area contributed by atoms with Crippen molar-refractivity contribution in [2.24, 2.45) is 0 Å². The van der Waals surface area contributed by atoms with E-state index in [1.54, 1.807) is 6.26 Å². The van der Waals surface area contributed by atoms with Gasteiger partial charge in [0.25, 0.3) is 0 Å². The Balaban J connectivity index is 1.97. The van der Waals surface area contributed by atoms with Gasteiger partial charge in [0, 0.05) is 5.39 Å². The fourth-order valence-corrected chi connectivity index (χ4v) is 2.39. The normalized spacial score (nSPS) is 26.1. The van der Waals surface area contributed by atoms with Crippen LogP contribution in [0.4, 0.5) is 0 Å². The lowest BCUT2D eigenvalue weighted by atomic mass is 9.94. The smallest absolute Gasteiger partial charge is 0.133 e. The molecule has 2 heterocycles. The van der Waals surface area contributed by atoms with E-state index in [0.29, 0.717) is 0 Å². The van der Waals surface area contributed by atoms with Crippen LogP contribution in [0.3, 0.4) is 0 Å². The molecule has 3 rings (SSSR count). The number of fused-ring (bicyclic) bond motifs is 1. The maximum atomic E-state index is 9.96. The van der Waals surface area contributed by atoms with E-state index in [2.05, 4.69) is 11.4 Å². The van der Waals surface area contributed by atoms with Gasteiger partial charge in [0.15, 0.2) is 0 Å². The second kappa shape index (κ2) is 3.92. The first-order chi connectivity index (χ1) is 7.84. The first-order valence-corrected chi connectivity index (χ1v) is 5.73. The maximum absolute atomic E-state index is 9.96. The van der Waals surface area contributed by atoms with Crippen molar-refractivity contribution in [3.63, 3.8) is 0 Å². The van der Waals surface area contributed by atoms with Crippen molar-refractivity contribution in [2.75, 3.05) is 6.54 Å². The standard InChI is InChI=1S/C13H15NO2/c15-11-2-1-6-14-13(11)10-3-4-12-9(8-10)5-7-16-12/h3-5,7-8,11,13-15H,1-2,6H2. The van der Waals surface area contributed by atoms with Gasteiger partial charge in [-0.15, -0.1) is 0 Å². The van der Waals surface area contributed by atoms with Crippen molar-refractivity contribution in [1.29, 1.82) is 0 Å². The molecular formula is C13H15NO2. The van der Waals surface area contributed by atoms with E-state index in [4.69, 9.17) is 4.42 Å². The summed E-state index contributed by atoms with van der Waals surface area (Å²) in [5.41, 5.74) is 2.04. The summed E-state index contributed by atoms with van der Waals surface area (Å²) < 4.78 is 5.30. The summed E-state index contributed by atoms with van der Waals surface area (Å²) in [5, 5.41) is 14.4. The third kappa shape index (κ3) is 1.62. The Kier molecular flexibility index (Phi) is 2.42. The van der Waals surface area contributed by atoms with Gasteiger partial charge >= 0.3 is 0 Å². The molecule has 0 aliphatic carbocycles. The van der Waals surface area contributed by atoms with Crippen molar-refractivity contribution in [3.05, 3.63) is 36.1 Å². The minimum absolute atomic E-state index is 0.0630. The summed E-state index contributed by atoms with van der Waals surface area (Å²) in [6.45, 7) is 0.977. The molecule has 0 spiro atoms. The Morgan fingerprint density at radius 1 is 1.31 bits per heavy atom. The Morgan fingerprint density at radius 3 is 3.12 bits per heavy atom. The molecule has 2 unspecified atom stereocenters. The highest BCUT2D eigenvalue weighted by Gasteiger charge is 2.24. The average molecular weight is 217 g/mol. The van der Waals surface area contributed by atoms with E-state index in [-0.39, 0.29) is 12.1 Å². The molecule has 16 heavy (non-hydrogen) atoms. The zero-order chi connectivity index (χ0) is 11.0. The van der Waals surface area contributed by atoms with Crippen LogP contribution in [0.2, 0.25) is 0 Å². The second-order valence-electron chi connectivity index (χ2n) is 4.36. The van der Waals surface area contributed by atoms with Crippen LogP contribution in [0.1, 0.15) is 24.4 Å². The van der Waals surface area contributed by atoms with Crippen LogP contribution in [0.25, 0.3) is 11.0 Å². The number of benzene rings is 1. The third-order valence-corrected chi connectivity index (χ3v) is 3.26. The molecule has 84 valence electrons. The zero-order valence-corrected chi connectivity index (χ0v) is 9.02. The van der Waals surface area contributed by atoms with Crippen LogP contribution in [0.15, 0.2) is 34.9 Å². The van der Waals surface area contributed by atoms with Gasteiger partial charge in [-0.1, -0.05) is 6.07 Å². The molecule has 1 aromatic carbocycles. The fraction of sp³-hybridized carbons (Fsp3) is 0.385. The van der Waals surface area contributed by atoms with Gasteiger partial charge in [0.1, 0.15) is 5.58 Å². The minimum atomic E-state index is -0.280. The summed E-state index contributed by atoms with van der Waals surface area (Å²) in [6, 6.07) is 8.10. The number of hydrogen-bond donors (Lipinski definition) is 2. The Morgan fingerprint density at radius 2 is 2.25 bits per heavy atom. The van der Waals surface area contributed by atoms with Crippen molar-refractivity contribution in [2.45, 2.75) is 25.0 Å². The second-order valence-corrected chi connectivity index (χ2v) is 4.36. The number of aliphatic hydroxyl groups excluding tert-OH is 1. The molecule has 1 aliphatic heterocycles. The van der Waals surface area contributed by atoms with E-state index in [9.17, 15) is 5.11 Å². The fourth-order valence-electron chi connectivity index (χ4n) is 2.39. The predicted octanol–water partition coefficient (Wildman–Crippen LogP) is 2.22. The van der Waals surface area contributed by atoms with Gasteiger partial charge < -0.3 is 14.8 Å². The Hall–Kier alpha value is -1.32. The van der Waals surface area contributed by atoms with E-state index in [1.165, 1.54) is 0 Å². The molecule has 0 saturated carbocycles. The average Bonchev–Trinajstić information content (AvgIpc) is 2.76. The quantitative estimate of drug-likeness (QED) is 0.769. The summed E-state index contributed by atoms with van der Waals surface area (Å²) in [6.07, 6.45) is 3.34. The topological polar surface area (TPSA) is 45.4 Å². The lowest BCUT2D eigenvalue weighted by Gasteiger charge is -2.29. The van der Waals surface area contributed by atoms with Gasteiger partial charge in [-0.2, -0.15) is 0 Å². The van der Waals surface area contributed by atoms with Crippen LogP contribution in [0.5, 0.6) is 0 Å². The highest BCUT2D eigenvalue weighted by molar-refractivity contribution is 5.77. The number of piperidine rings is 1. The van der Waals surface area contributed by atoms with Gasteiger partial charge in [0.05, 0.1) is 18.4 Å². The molecule has 3 heteroatoms. The lowest BCUT2D eigenvalue weighted by Crippen LogP contribution is -2.37. The molecule has 1 aromatic heterocycles. The molecule has 2 atom stereocenters. The number of aliphatic hydroxyl groups is 1. The summed E-state index contributed by atoms with van der Waals surface area (Å²) in [5.74, 6) is 0. The van der Waals surface area contributed by atoms with Crippen molar-refractivity contribution in [1.82, 2.24) is 5.32 Å². The molecule has 1 aliphatic rings. The highest BCUT2D eigenvalue weighted by Crippen LogP contribution is 2.26. The van der Waals surface area contributed by atoms with Crippen LogP contribution in [-0.4, -0.2) is 17.8 Å². The molecular weight excluding hydrogens is 202 g/mol. The van der Waals surface area contributed by atoms with Gasteiger partial charge in [-0.3, -0.25) is 0 Å². The van der Waals surface area contributed by atoms with E-state index in [0.717, 1.165) is 35.9 Å². The third-order valence-electron chi connectivity index (χ3n) is 3.26. The van der Waals surface area contributed by atoms with Crippen LogP contribution >= 0.6 is 0 Å². The molecule has 0 radical (unpaired) electrons. The number of hydrogen-bond acceptors (Lipinski definition) is 3. The zero-order valence-electron chi connectivity index (χ0n) is 9.02. The largest absolute Gasteiger partial charge is 0.464 e.